The second kappa shape index (κ2) is 3.36. The summed E-state index contributed by atoms with van der Waals surface area (Å²) in [6.45, 7) is 13.0. The minimum atomic E-state index is 0.465. The van der Waals surface area contributed by atoms with Crippen molar-refractivity contribution in [3.8, 4) is 0 Å². The SMILES string of the molecule is [C-]#[N+]c1cc(C(C)C)cc(C)n1. The highest BCUT2D eigenvalue weighted by Gasteiger charge is 2.03. The molecule has 0 atom stereocenters. The minimum absolute atomic E-state index is 0.465. The molecule has 62 valence electrons. The molecule has 12 heavy (non-hydrogen) atoms. The molecular formula is C10H12N2. The van der Waals surface area contributed by atoms with Gasteiger partial charge in [0.15, 0.2) is 0 Å². The Morgan fingerprint density at radius 3 is 2.58 bits per heavy atom. The normalized spacial score (nSPS) is 9.92. The smallest absolute Gasteiger partial charge is 0.270 e. The van der Waals surface area contributed by atoms with E-state index in [1.165, 1.54) is 5.56 Å². The van der Waals surface area contributed by atoms with Crippen LogP contribution in [0, 0.1) is 13.5 Å². The van der Waals surface area contributed by atoms with Crippen LogP contribution < -0.4 is 0 Å². The van der Waals surface area contributed by atoms with Gasteiger partial charge in [-0.15, -0.1) is 4.98 Å². The van der Waals surface area contributed by atoms with E-state index in [0.29, 0.717) is 11.7 Å². The Hall–Kier alpha value is -1.36. The van der Waals surface area contributed by atoms with Crippen LogP contribution in [0.15, 0.2) is 12.1 Å². The van der Waals surface area contributed by atoms with Gasteiger partial charge in [0.1, 0.15) is 5.69 Å². The quantitative estimate of drug-likeness (QED) is 0.577. The van der Waals surface area contributed by atoms with Gasteiger partial charge in [0, 0.05) is 6.92 Å². The van der Waals surface area contributed by atoms with Crippen LogP contribution in [-0.2, 0) is 0 Å². The maximum atomic E-state index is 6.84. The molecule has 0 saturated heterocycles. The molecule has 0 amide bonds. The van der Waals surface area contributed by atoms with Crippen molar-refractivity contribution in [2.45, 2.75) is 26.7 Å². The highest BCUT2D eigenvalue weighted by Crippen LogP contribution is 2.19. The molecule has 0 aliphatic carbocycles. The summed E-state index contributed by atoms with van der Waals surface area (Å²) in [4.78, 5) is 7.39. The zero-order chi connectivity index (χ0) is 9.14. The number of aromatic nitrogens is 1. The monoisotopic (exact) mass is 160 g/mol. The van der Waals surface area contributed by atoms with Crippen LogP contribution in [0.3, 0.4) is 0 Å². The van der Waals surface area contributed by atoms with Gasteiger partial charge in [-0.1, -0.05) is 26.0 Å². The summed E-state index contributed by atoms with van der Waals surface area (Å²) in [5.74, 6) is 0.964. The fraction of sp³-hybridized carbons (Fsp3) is 0.400. The molecule has 2 nitrogen and oxygen atoms in total. The van der Waals surface area contributed by atoms with Gasteiger partial charge in [0.05, 0.1) is 0 Å². The summed E-state index contributed by atoms with van der Waals surface area (Å²) in [6, 6.07) is 3.88. The lowest BCUT2D eigenvalue weighted by molar-refractivity contribution is 0.861. The molecule has 1 aromatic rings. The van der Waals surface area contributed by atoms with Crippen molar-refractivity contribution in [2.24, 2.45) is 0 Å². The number of pyridine rings is 1. The third-order valence-corrected chi connectivity index (χ3v) is 1.74. The molecule has 0 aliphatic rings. The van der Waals surface area contributed by atoms with Crippen LogP contribution in [0.5, 0.6) is 0 Å². The van der Waals surface area contributed by atoms with Crippen molar-refractivity contribution < 1.29 is 0 Å². The molecule has 0 saturated carbocycles. The molecule has 1 heterocycles. The van der Waals surface area contributed by atoms with Crippen LogP contribution >= 0.6 is 0 Å². The third-order valence-electron chi connectivity index (χ3n) is 1.74. The summed E-state index contributed by atoms with van der Waals surface area (Å²) in [5.41, 5.74) is 2.11. The first-order valence-electron chi connectivity index (χ1n) is 3.99. The van der Waals surface area contributed by atoms with Crippen LogP contribution in [0.25, 0.3) is 4.85 Å². The van der Waals surface area contributed by atoms with Gasteiger partial charge in [-0.3, -0.25) is 0 Å². The van der Waals surface area contributed by atoms with E-state index in [9.17, 15) is 0 Å². The lowest BCUT2D eigenvalue weighted by atomic mass is 10.0. The Balaban J connectivity index is 3.17. The molecule has 0 aliphatic heterocycles. The Morgan fingerprint density at radius 1 is 1.42 bits per heavy atom. The van der Waals surface area contributed by atoms with Crippen LogP contribution in [0.2, 0.25) is 0 Å². The van der Waals surface area contributed by atoms with Crippen molar-refractivity contribution in [1.82, 2.24) is 4.98 Å². The summed E-state index contributed by atoms with van der Waals surface area (Å²) < 4.78 is 0. The molecule has 0 radical (unpaired) electrons. The highest BCUT2D eigenvalue weighted by atomic mass is 14.9. The van der Waals surface area contributed by atoms with Gasteiger partial charge < -0.3 is 4.85 Å². The summed E-state index contributed by atoms with van der Waals surface area (Å²) in [5, 5.41) is 0. The Bertz CT molecular complexity index is 321. The number of nitrogens with zero attached hydrogens (tertiary/aromatic N) is 2. The van der Waals surface area contributed by atoms with Crippen molar-refractivity contribution in [3.63, 3.8) is 0 Å². The average Bonchev–Trinajstić information content (AvgIpc) is 2.03. The fourth-order valence-electron chi connectivity index (χ4n) is 1.07. The van der Waals surface area contributed by atoms with Gasteiger partial charge in [-0.05, 0) is 18.1 Å². The topological polar surface area (TPSA) is 17.2 Å². The zero-order valence-corrected chi connectivity index (χ0v) is 7.63. The van der Waals surface area contributed by atoms with Crippen molar-refractivity contribution in [2.75, 3.05) is 0 Å². The molecular weight excluding hydrogens is 148 g/mol. The second-order valence-electron chi connectivity index (χ2n) is 3.17. The van der Waals surface area contributed by atoms with Gasteiger partial charge in [-0.2, -0.15) is 0 Å². The molecule has 0 bridgehead atoms. The Kier molecular flexibility index (Phi) is 2.44. The Morgan fingerprint density at radius 2 is 2.08 bits per heavy atom. The maximum Gasteiger partial charge on any atom is 0.270 e. The number of rotatable bonds is 1. The van der Waals surface area contributed by atoms with Crippen LogP contribution in [-0.4, -0.2) is 4.98 Å². The van der Waals surface area contributed by atoms with Crippen LogP contribution in [0.1, 0.15) is 31.0 Å². The zero-order valence-electron chi connectivity index (χ0n) is 7.63. The minimum Gasteiger partial charge on any atom is -0.361 e. The predicted molar refractivity (Wildman–Crippen MR) is 49.3 cm³/mol. The second-order valence-corrected chi connectivity index (χ2v) is 3.17. The Labute approximate surface area is 73.1 Å². The summed E-state index contributed by atoms with van der Waals surface area (Å²) in [6.07, 6.45) is 0. The molecule has 0 unspecified atom stereocenters. The first-order valence-corrected chi connectivity index (χ1v) is 3.99. The fourth-order valence-corrected chi connectivity index (χ4v) is 1.07. The number of aryl methyl sites for hydroxylation is 1. The number of hydrogen-bond acceptors (Lipinski definition) is 1. The molecule has 1 rings (SSSR count). The first kappa shape index (κ1) is 8.73. The van der Waals surface area contributed by atoms with E-state index >= 15 is 0 Å². The van der Waals surface area contributed by atoms with E-state index in [1.54, 1.807) is 0 Å². The highest BCUT2D eigenvalue weighted by molar-refractivity contribution is 5.41. The van der Waals surface area contributed by atoms with Gasteiger partial charge in [0.25, 0.3) is 5.82 Å². The van der Waals surface area contributed by atoms with E-state index in [0.717, 1.165) is 5.69 Å². The van der Waals surface area contributed by atoms with E-state index in [2.05, 4.69) is 23.7 Å². The van der Waals surface area contributed by atoms with E-state index < -0.39 is 0 Å². The molecule has 0 N–H and O–H groups in total. The lowest BCUT2D eigenvalue weighted by Crippen LogP contribution is -1.90. The summed E-state index contributed by atoms with van der Waals surface area (Å²) in [7, 11) is 0. The van der Waals surface area contributed by atoms with Crippen molar-refractivity contribution in [1.29, 1.82) is 0 Å². The molecule has 0 spiro atoms. The predicted octanol–water partition coefficient (Wildman–Crippen LogP) is 3.06. The standard InChI is InChI=1S/C10H12N2/c1-7(2)9-5-8(3)12-10(6-9)11-4/h5-7H,1-3H3. The maximum absolute atomic E-state index is 6.84. The lowest BCUT2D eigenvalue weighted by Gasteiger charge is -2.04. The first-order chi connectivity index (χ1) is 5.63. The molecule has 1 aromatic heterocycles. The number of hydrogen-bond donors (Lipinski definition) is 0. The van der Waals surface area contributed by atoms with Crippen LogP contribution in [0.4, 0.5) is 5.82 Å². The van der Waals surface area contributed by atoms with Crippen molar-refractivity contribution in [3.05, 3.63) is 34.8 Å². The largest absolute Gasteiger partial charge is 0.361 e. The van der Waals surface area contributed by atoms with E-state index in [1.807, 2.05) is 19.1 Å². The third kappa shape index (κ3) is 1.82. The molecule has 0 aromatic carbocycles. The van der Waals surface area contributed by atoms with Gasteiger partial charge >= 0.3 is 0 Å². The summed E-state index contributed by atoms with van der Waals surface area (Å²) >= 11 is 0. The van der Waals surface area contributed by atoms with Gasteiger partial charge in [-0.25, -0.2) is 0 Å². The van der Waals surface area contributed by atoms with Gasteiger partial charge in [0.2, 0.25) is 0 Å². The van der Waals surface area contributed by atoms with E-state index in [-0.39, 0.29) is 0 Å². The van der Waals surface area contributed by atoms with E-state index in [4.69, 9.17) is 6.57 Å². The average molecular weight is 160 g/mol. The molecule has 0 fully saturated rings. The molecule has 2 heteroatoms. The van der Waals surface area contributed by atoms with Crippen molar-refractivity contribution >= 4 is 5.82 Å².